The van der Waals surface area contributed by atoms with Crippen molar-refractivity contribution in [2.24, 2.45) is 0 Å². The van der Waals surface area contributed by atoms with Crippen LogP contribution in [0, 0.1) is 0 Å². The number of hydrogen-bond acceptors (Lipinski definition) is 6. The first-order valence-electron chi connectivity index (χ1n) is 10.6. The van der Waals surface area contributed by atoms with Crippen LogP contribution in [0.15, 0.2) is 18.2 Å². The van der Waals surface area contributed by atoms with Gasteiger partial charge in [-0.15, -0.1) is 0 Å². The number of carbonyl (C=O) groups excluding carboxylic acids is 3. The molecule has 3 rings (SSSR count). The first-order valence-corrected chi connectivity index (χ1v) is 10.6. The second kappa shape index (κ2) is 9.05. The SMILES string of the molecule is CN1Cc2cc(C(=O)N3CCN(C(=O)OC(C)(C)C)CC3)ccc2NC(CC(=O)O)C1=O. The monoisotopic (exact) mass is 446 g/mol. The molecule has 1 aromatic carbocycles. The van der Waals surface area contributed by atoms with Gasteiger partial charge in [-0.25, -0.2) is 4.79 Å². The first-order chi connectivity index (χ1) is 14.9. The van der Waals surface area contributed by atoms with Crippen LogP contribution in [0.5, 0.6) is 0 Å². The van der Waals surface area contributed by atoms with Crippen LogP contribution < -0.4 is 5.32 Å². The molecule has 10 nitrogen and oxygen atoms in total. The van der Waals surface area contributed by atoms with Crippen LogP contribution in [0.2, 0.25) is 0 Å². The van der Waals surface area contributed by atoms with Crippen molar-refractivity contribution in [3.05, 3.63) is 29.3 Å². The highest BCUT2D eigenvalue weighted by Crippen LogP contribution is 2.25. The molecule has 0 aliphatic carbocycles. The van der Waals surface area contributed by atoms with Crippen molar-refractivity contribution in [1.29, 1.82) is 0 Å². The molecule has 0 bridgehead atoms. The minimum absolute atomic E-state index is 0.156. The molecule has 1 atom stereocenters. The summed E-state index contributed by atoms with van der Waals surface area (Å²) in [7, 11) is 1.61. The van der Waals surface area contributed by atoms with E-state index in [1.54, 1.807) is 35.0 Å². The fourth-order valence-corrected chi connectivity index (χ4v) is 3.76. The van der Waals surface area contributed by atoms with Crippen LogP contribution in [-0.4, -0.2) is 88.6 Å². The third-order valence-corrected chi connectivity index (χ3v) is 5.36. The Morgan fingerprint density at radius 1 is 1.12 bits per heavy atom. The summed E-state index contributed by atoms with van der Waals surface area (Å²) in [5.41, 5.74) is 1.29. The molecule has 3 amide bonds. The largest absolute Gasteiger partial charge is 0.481 e. The van der Waals surface area contributed by atoms with Crippen molar-refractivity contribution in [3.63, 3.8) is 0 Å². The van der Waals surface area contributed by atoms with E-state index in [0.717, 1.165) is 5.56 Å². The normalized spacial score (nSPS) is 19.1. The molecule has 0 saturated carbocycles. The van der Waals surface area contributed by atoms with Crippen LogP contribution in [0.1, 0.15) is 43.1 Å². The third-order valence-electron chi connectivity index (χ3n) is 5.36. The molecule has 174 valence electrons. The van der Waals surface area contributed by atoms with E-state index < -0.39 is 17.6 Å². The number of benzene rings is 1. The summed E-state index contributed by atoms with van der Waals surface area (Å²) in [5, 5.41) is 12.1. The van der Waals surface area contributed by atoms with Crippen molar-refractivity contribution in [2.75, 3.05) is 38.5 Å². The zero-order valence-electron chi connectivity index (χ0n) is 18.9. The molecule has 2 heterocycles. The summed E-state index contributed by atoms with van der Waals surface area (Å²) in [6, 6.07) is 4.25. The van der Waals surface area contributed by atoms with E-state index in [1.165, 1.54) is 4.90 Å². The van der Waals surface area contributed by atoms with Crippen molar-refractivity contribution < 1.29 is 29.0 Å². The van der Waals surface area contributed by atoms with Crippen LogP contribution in [-0.2, 0) is 20.9 Å². The van der Waals surface area contributed by atoms with Gasteiger partial charge < -0.3 is 29.9 Å². The number of carboxylic acid groups (broad SMARTS) is 1. The fourth-order valence-electron chi connectivity index (χ4n) is 3.76. The summed E-state index contributed by atoms with van der Waals surface area (Å²) in [5.74, 6) is -1.53. The van der Waals surface area contributed by atoms with Crippen LogP contribution in [0.25, 0.3) is 0 Å². The number of aliphatic carboxylic acids is 1. The quantitative estimate of drug-likeness (QED) is 0.724. The van der Waals surface area contributed by atoms with Gasteiger partial charge in [-0.2, -0.15) is 0 Å². The Labute approximate surface area is 187 Å². The Kier molecular flexibility index (Phi) is 6.61. The van der Waals surface area contributed by atoms with Gasteiger partial charge in [-0.3, -0.25) is 14.4 Å². The lowest BCUT2D eigenvalue weighted by molar-refractivity contribution is -0.141. The number of amides is 3. The number of carboxylic acids is 1. The van der Waals surface area contributed by atoms with Gasteiger partial charge in [0, 0.05) is 51.0 Å². The maximum Gasteiger partial charge on any atom is 0.410 e. The molecule has 2 aliphatic heterocycles. The lowest BCUT2D eigenvalue weighted by Crippen LogP contribution is -2.51. The van der Waals surface area contributed by atoms with E-state index in [1.807, 2.05) is 20.8 Å². The Morgan fingerprint density at radius 3 is 2.34 bits per heavy atom. The van der Waals surface area contributed by atoms with Crippen molar-refractivity contribution in [2.45, 2.75) is 45.4 Å². The topological polar surface area (TPSA) is 119 Å². The van der Waals surface area contributed by atoms with Gasteiger partial charge in [0.15, 0.2) is 0 Å². The second-order valence-corrected chi connectivity index (χ2v) is 9.12. The molecular weight excluding hydrogens is 416 g/mol. The Morgan fingerprint density at radius 2 is 1.75 bits per heavy atom. The third kappa shape index (κ3) is 5.49. The summed E-state index contributed by atoms with van der Waals surface area (Å²) in [6.45, 7) is 7.28. The molecule has 1 aromatic rings. The molecule has 2 N–H and O–H groups in total. The molecule has 1 saturated heterocycles. The number of rotatable bonds is 3. The number of carbonyl (C=O) groups is 4. The minimum atomic E-state index is -1.06. The average molecular weight is 447 g/mol. The highest BCUT2D eigenvalue weighted by Gasteiger charge is 2.31. The van der Waals surface area contributed by atoms with E-state index in [4.69, 9.17) is 9.84 Å². The number of piperazine rings is 1. The van der Waals surface area contributed by atoms with E-state index in [-0.39, 0.29) is 30.9 Å². The maximum atomic E-state index is 13.0. The zero-order valence-corrected chi connectivity index (χ0v) is 18.9. The summed E-state index contributed by atoms with van der Waals surface area (Å²) in [6.07, 6.45) is -0.713. The molecule has 2 aliphatic rings. The molecular formula is C22H30N4O6. The van der Waals surface area contributed by atoms with Crippen LogP contribution in [0.3, 0.4) is 0 Å². The number of hydrogen-bond donors (Lipinski definition) is 2. The Bertz CT molecular complexity index is 917. The summed E-state index contributed by atoms with van der Waals surface area (Å²) < 4.78 is 5.39. The molecule has 0 radical (unpaired) electrons. The average Bonchev–Trinajstić information content (AvgIpc) is 2.82. The van der Waals surface area contributed by atoms with E-state index in [2.05, 4.69) is 5.32 Å². The smallest absolute Gasteiger partial charge is 0.410 e. The van der Waals surface area contributed by atoms with Gasteiger partial charge in [0.25, 0.3) is 5.91 Å². The molecule has 32 heavy (non-hydrogen) atoms. The molecule has 1 fully saturated rings. The maximum absolute atomic E-state index is 13.0. The number of nitrogens with one attached hydrogen (secondary N) is 1. The van der Waals surface area contributed by atoms with Gasteiger partial charge in [0.2, 0.25) is 5.91 Å². The Balaban J connectivity index is 1.68. The van der Waals surface area contributed by atoms with Gasteiger partial charge in [-0.05, 0) is 44.5 Å². The van der Waals surface area contributed by atoms with Crippen molar-refractivity contribution in [1.82, 2.24) is 14.7 Å². The highest BCUT2D eigenvalue weighted by atomic mass is 16.6. The first kappa shape index (κ1) is 23.4. The predicted octanol–water partition coefficient (Wildman–Crippen LogP) is 1.61. The van der Waals surface area contributed by atoms with Crippen LogP contribution in [0.4, 0.5) is 10.5 Å². The van der Waals surface area contributed by atoms with E-state index in [0.29, 0.717) is 37.4 Å². The van der Waals surface area contributed by atoms with E-state index in [9.17, 15) is 19.2 Å². The lowest BCUT2D eigenvalue weighted by Gasteiger charge is -2.35. The molecule has 0 spiro atoms. The van der Waals surface area contributed by atoms with Crippen molar-refractivity contribution in [3.8, 4) is 0 Å². The van der Waals surface area contributed by atoms with Gasteiger partial charge >= 0.3 is 12.1 Å². The standard InChI is InChI=1S/C22H30N4O6/c1-22(2,3)32-21(31)26-9-7-25(8-10-26)19(29)14-5-6-16-15(11-14)13-24(4)20(30)17(23-16)12-18(27)28/h5-6,11,17,23H,7-10,12-13H2,1-4H3,(H,27,28). The highest BCUT2D eigenvalue weighted by molar-refractivity contribution is 5.96. The molecule has 1 unspecified atom stereocenters. The number of fused-ring (bicyclic) bond motifs is 1. The zero-order chi connectivity index (χ0) is 23.6. The van der Waals surface area contributed by atoms with Gasteiger partial charge in [0.05, 0.1) is 6.42 Å². The lowest BCUT2D eigenvalue weighted by atomic mass is 10.1. The summed E-state index contributed by atoms with van der Waals surface area (Å²) >= 11 is 0. The minimum Gasteiger partial charge on any atom is -0.481 e. The second-order valence-electron chi connectivity index (χ2n) is 9.12. The Hall–Kier alpha value is -3.30. The number of anilines is 1. The van der Waals surface area contributed by atoms with Gasteiger partial charge in [-0.1, -0.05) is 0 Å². The fraction of sp³-hybridized carbons (Fsp3) is 0.545. The number of nitrogens with zero attached hydrogens (tertiary/aromatic N) is 3. The molecule has 10 heteroatoms. The number of ether oxygens (including phenoxy) is 1. The van der Waals surface area contributed by atoms with Crippen molar-refractivity contribution >= 4 is 29.6 Å². The number of likely N-dealkylation sites (N-methyl/N-ethyl adjacent to an activating group) is 1. The van der Waals surface area contributed by atoms with Crippen LogP contribution >= 0.6 is 0 Å². The summed E-state index contributed by atoms with van der Waals surface area (Å²) in [4.78, 5) is 53.6. The van der Waals surface area contributed by atoms with E-state index >= 15 is 0 Å². The van der Waals surface area contributed by atoms with Gasteiger partial charge in [0.1, 0.15) is 11.6 Å². The molecule has 0 aromatic heterocycles. The predicted molar refractivity (Wildman–Crippen MR) is 116 cm³/mol.